The number of alkyl halides is 1. The number of hydrogen-bond acceptors (Lipinski definition) is 3. The second-order valence-corrected chi connectivity index (χ2v) is 4.50. The maximum absolute atomic E-state index is 13.7. The number of rotatable bonds is 2. The van der Waals surface area contributed by atoms with Gasteiger partial charge in [0.1, 0.15) is 23.5 Å². The molecule has 2 aromatic rings. The molecule has 4 heteroatoms. The van der Waals surface area contributed by atoms with Gasteiger partial charge in [0.05, 0.1) is 0 Å². The molecule has 1 aliphatic heterocycles. The quantitative estimate of drug-likeness (QED) is 0.883. The molecular formula is C14H15FN2O. The molecule has 0 aliphatic carbocycles. The summed E-state index contributed by atoms with van der Waals surface area (Å²) >= 11 is 0. The van der Waals surface area contributed by atoms with Gasteiger partial charge in [-0.25, -0.2) is 4.39 Å². The van der Waals surface area contributed by atoms with Gasteiger partial charge in [0.15, 0.2) is 0 Å². The average molecular weight is 246 g/mol. The number of ether oxygens (including phenoxy) is 1. The van der Waals surface area contributed by atoms with E-state index in [9.17, 15) is 4.39 Å². The van der Waals surface area contributed by atoms with Crippen molar-refractivity contribution in [3.8, 4) is 5.75 Å². The summed E-state index contributed by atoms with van der Waals surface area (Å²) in [7, 11) is 0. The van der Waals surface area contributed by atoms with Crippen LogP contribution in [0.4, 0.5) is 4.39 Å². The van der Waals surface area contributed by atoms with Gasteiger partial charge in [-0.1, -0.05) is 18.2 Å². The number of piperidine rings is 1. The number of nitrogens with zero attached hydrogens (tertiary/aromatic N) is 1. The summed E-state index contributed by atoms with van der Waals surface area (Å²) in [5.74, 6) is 0.669. The smallest absolute Gasteiger partial charge is 0.149 e. The van der Waals surface area contributed by atoms with Gasteiger partial charge >= 0.3 is 0 Å². The van der Waals surface area contributed by atoms with Crippen molar-refractivity contribution in [2.75, 3.05) is 13.1 Å². The minimum absolute atomic E-state index is 0.364. The van der Waals surface area contributed by atoms with Crippen molar-refractivity contribution in [2.45, 2.75) is 18.7 Å². The molecule has 0 spiro atoms. The summed E-state index contributed by atoms with van der Waals surface area (Å²) in [6, 6.07) is 9.60. The Bertz CT molecular complexity index is 541. The van der Waals surface area contributed by atoms with Gasteiger partial charge in [0.25, 0.3) is 0 Å². The van der Waals surface area contributed by atoms with Crippen molar-refractivity contribution in [3.05, 3.63) is 36.5 Å². The van der Waals surface area contributed by atoms with Crippen LogP contribution in [0.5, 0.6) is 5.75 Å². The van der Waals surface area contributed by atoms with E-state index in [4.69, 9.17) is 4.74 Å². The summed E-state index contributed by atoms with van der Waals surface area (Å²) in [6.07, 6.45) is 1.08. The molecule has 0 radical (unpaired) electrons. The molecule has 1 N–H and O–H groups in total. The fraction of sp³-hybridized carbons (Fsp3) is 0.357. The van der Waals surface area contributed by atoms with Crippen LogP contribution >= 0.6 is 0 Å². The summed E-state index contributed by atoms with van der Waals surface area (Å²) in [5.41, 5.74) is 0.797. The van der Waals surface area contributed by atoms with Gasteiger partial charge in [-0.2, -0.15) is 0 Å². The van der Waals surface area contributed by atoms with Gasteiger partial charge in [-0.3, -0.25) is 4.98 Å². The fourth-order valence-corrected chi connectivity index (χ4v) is 2.26. The predicted molar refractivity (Wildman–Crippen MR) is 68.5 cm³/mol. The van der Waals surface area contributed by atoms with Crippen LogP contribution in [0.25, 0.3) is 10.9 Å². The Labute approximate surface area is 105 Å². The molecule has 1 fully saturated rings. The van der Waals surface area contributed by atoms with Crippen LogP contribution in [0, 0.1) is 0 Å². The first-order valence-corrected chi connectivity index (χ1v) is 6.20. The molecule has 1 saturated heterocycles. The van der Waals surface area contributed by atoms with E-state index >= 15 is 0 Å². The molecule has 0 unspecified atom stereocenters. The third-order valence-electron chi connectivity index (χ3n) is 3.22. The standard InChI is InChI=1S/C14H15FN2O/c15-11-9-16-8-6-12(11)18-13-5-1-3-10-4-2-7-17-14(10)13/h1-5,7,11-12,16H,6,8-9H2/t11-,12+/m0/s1. The Morgan fingerprint density at radius 1 is 1.28 bits per heavy atom. The van der Waals surface area contributed by atoms with Crippen LogP contribution in [-0.2, 0) is 0 Å². The van der Waals surface area contributed by atoms with Gasteiger partial charge in [-0.15, -0.1) is 0 Å². The lowest BCUT2D eigenvalue weighted by molar-refractivity contribution is 0.0742. The number of nitrogens with one attached hydrogen (secondary N) is 1. The first-order chi connectivity index (χ1) is 8.84. The lowest BCUT2D eigenvalue weighted by Crippen LogP contribution is -2.44. The van der Waals surface area contributed by atoms with Crippen LogP contribution in [-0.4, -0.2) is 30.3 Å². The van der Waals surface area contributed by atoms with Crippen molar-refractivity contribution in [1.82, 2.24) is 10.3 Å². The highest BCUT2D eigenvalue weighted by molar-refractivity contribution is 5.84. The zero-order chi connectivity index (χ0) is 12.4. The van der Waals surface area contributed by atoms with Crippen molar-refractivity contribution in [2.24, 2.45) is 0 Å². The maximum Gasteiger partial charge on any atom is 0.149 e. The van der Waals surface area contributed by atoms with Gasteiger partial charge in [-0.05, 0) is 25.1 Å². The largest absolute Gasteiger partial charge is 0.485 e. The average Bonchev–Trinajstić information content (AvgIpc) is 2.42. The van der Waals surface area contributed by atoms with E-state index in [2.05, 4.69) is 10.3 Å². The van der Waals surface area contributed by atoms with E-state index in [0.29, 0.717) is 18.7 Å². The number of para-hydroxylation sites is 1. The maximum atomic E-state index is 13.7. The Morgan fingerprint density at radius 2 is 2.17 bits per heavy atom. The Hall–Kier alpha value is -1.68. The number of halogens is 1. The number of fused-ring (bicyclic) bond motifs is 1. The molecule has 1 aromatic carbocycles. The predicted octanol–water partition coefficient (Wildman–Crippen LogP) is 2.31. The van der Waals surface area contributed by atoms with Gasteiger partial charge < -0.3 is 10.1 Å². The van der Waals surface area contributed by atoms with Crippen molar-refractivity contribution in [3.63, 3.8) is 0 Å². The number of pyridine rings is 1. The van der Waals surface area contributed by atoms with Gasteiger partial charge in [0, 0.05) is 18.1 Å². The van der Waals surface area contributed by atoms with E-state index in [-0.39, 0.29) is 6.10 Å². The molecule has 0 bridgehead atoms. The Morgan fingerprint density at radius 3 is 3.06 bits per heavy atom. The molecule has 1 aromatic heterocycles. The molecule has 3 rings (SSSR count). The molecule has 2 heterocycles. The molecule has 0 saturated carbocycles. The van der Waals surface area contributed by atoms with Crippen molar-refractivity contribution in [1.29, 1.82) is 0 Å². The minimum atomic E-state index is -0.960. The third-order valence-corrected chi connectivity index (χ3v) is 3.22. The molecule has 1 aliphatic rings. The molecule has 94 valence electrons. The van der Waals surface area contributed by atoms with E-state index < -0.39 is 6.17 Å². The summed E-state index contributed by atoms with van der Waals surface area (Å²) in [5, 5.41) is 4.03. The molecule has 0 amide bonds. The fourth-order valence-electron chi connectivity index (χ4n) is 2.26. The monoisotopic (exact) mass is 246 g/mol. The third kappa shape index (κ3) is 2.16. The highest BCUT2D eigenvalue weighted by atomic mass is 19.1. The Kier molecular flexibility index (Phi) is 3.11. The number of benzene rings is 1. The second-order valence-electron chi connectivity index (χ2n) is 4.50. The topological polar surface area (TPSA) is 34.1 Å². The lowest BCUT2D eigenvalue weighted by Gasteiger charge is -2.27. The van der Waals surface area contributed by atoms with E-state index in [1.165, 1.54) is 0 Å². The summed E-state index contributed by atoms with van der Waals surface area (Å²) < 4.78 is 19.5. The highest BCUT2D eigenvalue weighted by Crippen LogP contribution is 2.26. The lowest BCUT2D eigenvalue weighted by atomic mass is 10.1. The van der Waals surface area contributed by atoms with E-state index in [0.717, 1.165) is 17.4 Å². The number of hydrogen-bond donors (Lipinski definition) is 1. The van der Waals surface area contributed by atoms with Gasteiger partial charge in [0.2, 0.25) is 0 Å². The second kappa shape index (κ2) is 4.90. The molecule has 3 nitrogen and oxygen atoms in total. The molecular weight excluding hydrogens is 231 g/mol. The number of aromatic nitrogens is 1. The zero-order valence-electron chi connectivity index (χ0n) is 9.97. The van der Waals surface area contributed by atoms with Crippen LogP contribution < -0.4 is 10.1 Å². The molecule has 18 heavy (non-hydrogen) atoms. The van der Waals surface area contributed by atoms with Crippen LogP contribution in [0.3, 0.4) is 0 Å². The summed E-state index contributed by atoms with van der Waals surface area (Å²) in [6.45, 7) is 1.16. The SMILES string of the molecule is F[C@H]1CNCC[C@H]1Oc1cccc2cccnc12. The normalized spacial score (nSPS) is 24.1. The van der Waals surface area contributed by atoms with Crippen molar-refractivity contribution < 1.29 is 9.13 Å². The van der Waals surface area contributed by atoms with Crippen LogP contribution in [0.15, 0.2) is 36.5 Å². The van der Waals surface area contributed by atoms with E-state index in [1.807, 2.05) is 30.3 Å². The minimum Gasteiger partial charge on any atom is -0.485 e. The molecule has 2 atom stereocenters. The first-order valence-electron chi connectivity index (χ1n) is 6.20. The van der Waals surface area contributed by atoms with Crippen LogP contribution in [0.1, 0.15) is 6.42 Å². The van der Waals surface area contributed by atoms with Crippen LogP contribution in [0.2, 0.25) is 0 Å². The van der Waals surface area contributed by atoms with Crippen molar-refractivity contribution >= 4 is 10.9 Å². The Balaban J connectivity index is 1.90. The zero-order valence-corrected chi connectivity index (χ0v) is 9.97. The highest BCUT2D eigenvalue weighted by Gasteiger charge is 2.26. The summed E-state index contributed by atoms with van der Waals surface area (Å²) in [4.78, 5) is 4.31. The van der Waals surface area contributed by atoms with E-state index in [1.54, 1.807) is 6.20 Å². The first kappa shape index (κ1) is 11.4.